The summed E-state index contributed by atoms with van der Waals surface area (Å²) in [7, 11) is 0. The second-order valence-corrected chi connectivity index (χ2v) is 4.65. The summed E-state index contributed by atoms with van der Waals surface area (Å²) in [5.74, 6) is -0.777. The maximum absolute atomic E-state index is 13.2. The Bertz CT molecular complexity index is 527. The molecule has 4 N–H and O–H groups in total. The maximum Gasteiger partial charge on any atom is 0.321 e. The number of benzene rings is 1. The highest BCUT2D eigenvalue weighted by Crippen LogP contribution is 2.18. The first-order valence-electron chi connectivity index (χ1n) is 6.45. The smallest absolute Gasteiger partial charge is 0.321 e. The zero-order chi connectivity index (χ0) is 14.5. The van der Waals surface area contributed by atoms with Gasteiger partial charge in [0.1, 0.15) is 5.82 Å². The van der Waals surface area contributed by atoms with Crippen LogP contribution in [-0.2, 0) is 0 Å². The number of amides is 2. The molecule has 1 aromatic carbocycles. The molecule has 1 fully saturated rings. The second kappa shape index (κ2) is 6.23. The molecule has 7 heteroatoms. The van der Waals surface area contributed by atoms with Crippen LogP contribution in [0.1, 0.15) is 24.8 Å². The van der Waals surface area contributed by atoms with Crippen molar-refractivity contribution in [2.75, 3.05) is 18.4 Å². The molecule has 1 saturated heterocycles. The van der Waals surface area contributed by atoms with E-state index in [1.54, 1.807) is 4.90 Å². The van der Waals surface area contributed by atoms with Gasteiger partial charge in [-0.25, -0.2) is 9.18 Å². The van der Waals surface area contributed by atoms with Gasteiger partial charge in [-0.15, -0.1) is 0 Å². The molecular formula is C13H17FN4O2. The number of piperidine rings is 1. The van der Waals surface area contributed by atoms with Crippen LogP contribution >= 0.6 is 0 Å². The van der Waals surface area contributed by atoms with Crippen molar-refractivity contribution in [2.24, 2.45) is 10.9 Å². The van der Waals surface area contributed by atoms with Gasteiger partial charge in [0.25, 0.3) is 0 Å². The summed E-state index contributed by atoms with van der Waals surface area (Å²) in [5.41, 5.74) is 5.95. The van der Waals surface area contributed by atoms with Crippen molar-refractivity contribution in [3.8, 4) is 0 Å². The molecule has 0 atom stereocenters. The van der Waals surface area contributed by atoms with E-state index in [2.05, 4.69) is 10.5 Å². The normalized spacial score (nSPS) is 16.1. The number of nitrogens with zero attached hydrogens (tertiary/aromatic N) is 2. The first-order chi connectivity index (χ1) is 9.61. The third-order valence-corrected chi connectivity index (χ3v) is 3.25. The lowest BCUT2D eigenvalue weighted by molar-refractivity contribution is 0.200. The van der Waals surface area contributed by atoms with Crippen LogP contribution in [0, 0.1) is 5.82 Å². The minimum absolute atomic E-state index is 0.151. The van der Waals surface area contributed by atoms with E-state index in [-0.39, 0.29) is 17.4 Å². The molecule has 2 rings (SSSR count). The molecule has 0 aromatic heterocycles. The van der Waals surface area contributed by atoms with E-state index in [9.17, 15) is 9.18 Å². The average Bonchev–Trinajstić information content (AvgIpc) is 2.49. The van der Waals surface area contributed by atoms with Crippen LogP contribution in [0.15, 0.2) is 23.4 Å². The Kier molecular flexibility index (Phi) is 4.39. The van der Waals surface area contributed by atoms with Crippen molar-refractivity contribution in [3.05, 3.63) is 29.6 Å². The Labute approximate surface area is 116 Å². The standard InChI is InChI=1S/C13H17FN4O2/c14-9-4-5-11(10(8-9)12(15)17-20)16-13(19)18-6-2-1-3-7-18/h4-5,8,20H,1-3,6-7H2,(H2,15,17)(H,16,19). The minimum Gasteiger partial charge on any atom is -0.409 e. The van der Waals surface area contributed by atoms with Gasteiger partial charge in [0.2, 0.25) is 0 Å². The summed E-state index contributed by atoms with van der Waals surface area (Å²) < 4.78 is 13.2. The third kappa shape index (κ3) is 3.17. The van der Waals surface area contributed by atoms with Crippen LogP contribution in [0.25, 0.3) is 0 Å². The van der Waals surface area contributed by atoms with Crippen molar-refractivity contribution in [1.29, 1.82) is 0 Å². The van der Waals surface area contributed by atoms with Crippen molar-refractivity contribution in [1.82, 2.24) is 4.90 Å². The Morgan fingerprint density at radius 3 is 2.70 bits per heavy atom. The summed E-state index contributed by atoms with van der Waals surface area (Å²) in [4.78, 5) is 13.8. The van der Waals surface area contributed by atoms with E-state index in [4.69, 9.17) is 10.9 Å². The van der Waals surface area contributed by atoms with Gasteiger partial charge in [-0.1, -0.05) is 5.16 Å². The van der Waals surface area contributed by atoms with E-state index >= 15 is 0 Å². The summed E-state index contributed by atoms with van der Waals surface area (Å²) in [6.45, 7) is 1.40. The number of likely N-dealkylation sites (tertiary alicyclic amines) is 1. The number of urea groups is 1. The van der Waals surface area contributed by atoms with Gasteiger partial charge in [0, 0.05) is 18.7 Å². The van der Waals surface area contributed by atoms with Gasteiger partial charge in [0.15, 0.2) is 5.84 Å². The molecule has 0 saturated carbocycles. The molecule has 2 amide bonds. The minimum atomic E-state index is -0.525. The lowest BCUT2D eigenvalue weighted by atomic mass is 10.1. The number of anilines is 1. The largest absolute Gasteiger partial charge is 0.409 e. The Balaban J connectivity index is 2.18. The molecule has 1 aromatic rings. The lowest BCUT2D eigenvalue weighted by Crippen LogP contribution is -2.39. The van der Waals surface area contributed by atoms with E-state index in [0.29, 0.717) is 18.8 Å². The summed E-state index contributed by atoms with van der Waals surface area (Å²) >= 11 is 0. The number of hydrogen-bond donors (Lipinski definition) is 3. The van der Waals surface area contributed by atoms with Crippen molar-refractivity contribution in [2.45, 2.75) is 19.3 Å². The first-order valence-corrected chi connectivity index (χ1v) is 6.45. The molecule has 20 heavy (non-hydrogen) atoms. The molecule has 1 heterocycles. The molecular weight excluding hydrogens is 263 g/mol. The Morgan fingerprint density at radius 1 is 1.35 bits per heavy atom. The summed E-state index contributed by atoms with van der Waals surface area (Å²) in [6.07, 6.45) is 3.07. The molecule has 0 spiro atoms. The maximum atomic E-state index is 13.2. The number of amidine groups is 1. The van der Waals surface area contributed by atoms with Crippen LogP contribution in [0.2, 0.25) is 0 Å². The van der Waals surface area contributed by atoms with Crippen LogP contribution in [0.5, 0.6) is 0 Å². The van der Waals surface area contributed by atoms with Crippen LogP contribution in [0.4, 0.5) is 14.9 Å². The second-order valence-electron chi connectivity index (χ2n) is 4.65. The van der Waals surface area contributed by atoms with Crippen LogP contribution in [0.3, 0.4) is 0 Å². The fraction of sp³-hybridized carbons (Fsp3) is 0.385. The van der Waals surface area contributed by atoms with E-state index < -0.39 is 5.82 Å². The Morgan fingerprint density at radius 2 is 2.05 bits per heavy atom. The van der Waals surface area contributed by atoms with Gasteiger partial charge in [-0.3, -0.25) is 0 Å². The van der Waals surface area contributed by atoms with Crippen molar-refractivity contribution in [3.63, 3.8) is 0 Å². The predicted molar refractivity (Wildman–Crippen MR) is 73.4 cm³/mol. The molecule has 1 aliphatic rings. The highest BCUT2D eigenvalue weighted by Gasteiger charge is 2.18. The van der Waals surface area contributed by atoms with Crippen molar-refractivity contribution < 1.29 is 14.4 Å². The van der Waals surface area contributed by atoms with Gasteiger partial charge in [-0.2, -0.15) is 0 Å². The van der Waals surface area contributed by atoms with Gasteiger partial charge < -0.3 is 21.2 Å². The van der Waals surface area contributed by atoms with Crippen LogP contribution in [-0.4, -0.2) is 35.1 Å². The van der Waals surface area contributed by atoms with E-state index in [1.165, 1.54) is 12.1 Å². The van der Waals surface area contributed by atoms with E-state index in [1.807, 2.05) is 0 Å². The zero-order valence-corrected chi connectivity index (χ0v) is 11.0. The lowest BCUT2D eigenvalue weighted by Gasteiger charge is -2.27. The zero-order valence-electron chi connectivity index (χ0n) is 11.0. The molecule has 1 aliphatic heterocycles. The SMILES string of the molecule is N/C(=N/O)c1cc(F)ccc1NC(=O)N1CCCCC1. The molecule has 0 unspecified atom stereocenters. The number of halogens is 1. The Hall–Kier alpha value is -2.31. The molecule has 0 radical (unpaired) electrons. The quantitative estimate of drug-likeness (QED) is 0.334. The fourth-order valence-corrected chi connectivity index (χ4v) is 2.18. The average molecular weight is 280 g/mol. The molecule has 108 valence electrons. The highest BCUT2D eigenvalue weighted by atomic mass is 19.1. The summed E-state index contributed by atoms with van der Waals surface area (Å²) in [6, 6.07) is 3.45. The number of nitrogens with one attached hydrogen (secondary N) is 1. The number of nitrogens with two attached hydrogens (primary N) is 1. The van der Waals surface area contributed by atoms with Crippen molar-refractivity contribution >= 4 is 17.6 Å². The van der Waals surface area contributed by atoms with E-state index in [0.717, 1.165) is 25.3 Å². The van der Waals surface area contributed by atoms with Crippen LogP contribution < -0.4 is 11.1 Å². The van der Waals surface area contributed by atoms with Gasteiger partial charge >= 0.3 is 6.03 Å². The monoisotopic (exact) mass is 280 g/mol. The first kappa shape index (κ1) is 14.1. The molecule has 0 aliphatic carbocycles. The summed E-state index contributed by atoms with van der Waals surface area (Å²) in [5, 5.41) is 14.2. The number of carbonyl (C=O) groups is 1. The van der Waals surface area contributed by atoms with Gasteiger partial charge in [-0.05, 0) is 37.5 Å². The number of rotatable bonds is 2. The predicted octanol–water partition coefficient (Wildman–Crippen LogP) is 1.94. The third-order valence-electron chi connectivity index (χ3n) is 3.25. The number of carbonyl (C=O) groups excluding carboxylic acids is 1. The topological polar surface area (TPSA) is 91.0 Å². The molecule has 6 nitrogen and oxygen atoms in total. The molecule has 0 bridgehead atoms. The van der Waals surface area contributed by atoms with Gasteiger partial charge in [0.05, 0.1) is 5.69 Å². The number of hydrogen-bond acceptors (Lipinski definition) is 3. The fourth-order valence-electron chi connectivity index (χ4n) is 2.18. The number of oxime groups is 1. The highest BCUT2D eigenvalue weighted by molar-refractivity contribution is 6.05.